The molecule has 1 unspecified atom stereocenters. The van der Waals surface area contributed by atoms with Crippen LogP contribution in [0.15, 0.2) is 82.2 Å². The molecule has 0 aromatic heterocycles. The third-order valence-corrected chi connectivity index (χ3v) is 9.79. The zero-order valence-corrected chi connectivity index (χ0v) is 26.7. The molecule has 11 heteroatoms. The summed E-state index contributed by atoms with van der Waals surface area (Å²) in [6.45, 7) is 3.55. The van der Waals surface area contributed by atoms with E-state index in [2.05, 4.69) is 21.2 Å². The minimum absolute atomic E-state index is 0.00511. The van der Waals surface area contributed by atoms with Gasteiger partial charge in [-0.25, -0.2) is 12.8 Å². The van der Waals surface area contributed by atoms with E-state index < -0.39 is 34.3 Å². The first-order chi connectivity index (χ1) is 20.6. The highest BCUT2D eigenvalue weighted by atomic mass is 79.9. The number of carbonyl (C=O) groups excluding carboxylic acids is 2. The van der Waals surface area contributed by atoms with Gasteiger partial charge in [0.2, 0.25) is 11.8 Å². The molecule has 4 rings (SSSR count). The Labute approximate surface area is 261 Å². The van der Waals surface area contributed by atoms with E-state index in [1.165, 1.54) is 29.2 Å². The Balaban J connectivity index is 1.71. The first-order valence-electron chi connectivity index (χ1n) is 14.5. The first kappa shape index (κ1) is 32.5. The summed E-state index contributed by atoms with van der Waals surface area (Å²) in [4.78, 5) is 29.1. The van der Waals surface area contributed by atoms with E-state index >= 15 is 0 Å². The predicted molar refractivity (Wildman–Crippen MR) is 168 cm³/mol. The quantitative estimate of drug-likeness (QED) is 0.238. The van der Waals surface area contributed by atoms with Crippen LogP contribution in [-0.4, -0.2) is 50.4 Å². The Morgan fingerprint density at radius 2 is 1.60 bits per heavy atom. The molecular weight excluding hydrogens is 637 g/mol. The summed E-state index contributed by atoms with van der Waals surface area (Å²) in [5, 5.41) is 3.08. The Hall–Kier alpha value is -3.44. The Morgan fingerprint density at radius 1 is 0.977 bits per heavy atom. The van der Waals surface area contributed by atoms with Crippen molar-refractivity contribution in [2.24, 2.45) is 0 Å². The molecule has 230 valence electrons. The highest BCUT2D eigenvalue weighted by molar-refractivity contribution is 9.10. The van der Waals surface area contributed by atoms with Crippen molar-refractivity contribution in [2.45, 2.75) is 69.5 Å². The number of benzene rings is 3. The number of hydrogen-bond donors (Lipinski definition) is 1. The number of ether oxygens (including phenoxy) is 1. The molecule has 0 radical (unpaired) electrons. The van der Waals surface area contributed by atoms with Crippen molar-refractivity contribution < 1.29 is 27.1 Å². The molecule has 8 nitrogen and oxygen atoms in total. The van der Waals surface area contributed by atoms with E-state index in [-0.39, 0.29) is 29.1 Å². The van der Waals surface area contributed by atoms with Crippen LogP contribution in [-0.2, 0) is 26.2 Å². The maximum Gasteiger partial charge on any atom is 0.264 e. The summed E-state index contributed by atoms with van der Waals surface area (Å²) >= 11 is 3.34. The fourth-order valence-electron chi connectivity index (χ4n) is 5.21. The minimum atomic E-state index is -4.20. The number of nitrogens with zero attached hydrogens (tertiary/aromatic N) is 2. The van der Waals surface area contributed by atoms with Crippen LogP contribution in [0.1, 0.15) is 51.5 Å². The maximum atomic E-state index is 14.2. The van der Waals surface area contributed by atoms with Crippen molar-refractivity contribution in [3.05, 3.63) is 88.6 Å². The van der Waals surface area contributed by atoms with Gasteiger partial charge in [-0.2, -0.15) is 0 Å². The van der Waals surface area contributed by atoms with Crippen molar-refractivity contribution in [1.29, 1.82) is 0 Å². The van der Waals surface area contributed by atoms with Gasteiger partial charge in [-0.3, -0.25) is 13.9 Å². The van der Waals surface area contributed by atoms with Crippen molar-refractivity contribution in [1.82, 2.24) is 10.2 Å². The van der Waals surface area contributed by atoms with Crippen LogP contribution in [0.3, 0.4) is 0 Å². The fourth-order valence-corrected chi connectivity index (χ4v) is 6.89. The lowest BCUT2D eigenvalue weighted by atomic mass is 10.1. The van der Waals surface area contributed by atoms with Crippen LogP contribution >= 0.6 is 15.9 Å². The third-order valence-electron chi connectivity index (χ3n) is 7.47. The van der Waals surface area contributed by atoms with E-state index in [0.717, 1.165) is 30.0 Å². The van der Waals surface area contributed by atoms with Gasteiger partial charge in [-0.05, 0) is 92.4 Å². The van der Waals surface area contributed by atoms with Crippen LogP contribution < -0.4 is 14.4 Å². The largest absolute Gasteiger partial charge is 0.494 e. The molecule has 1 aliphatic carbocycles. The van der Waals surface area contributed by atoms with E-state index in [9.17, 15) is 22.4 Å². The molecular formula is C32H37BrFN3O5S. The number of carbonyl (C=O) groups is 2. The van der Waals surface area contributed by atoms with Gasteiger partial charge in [0.25, 0.3) is 10.0 Å². The maximum absolute atomic E-state index is 14.2. The normalized spacial score (nSPS) is 14.2. The van der Waals surface area contributed by atoms with Crippen LogP contribution in [0.2, 0.25) is 0 Å². The molecule has 2 amide bonds. The number of hydrogen-bond acceptors (Lipinski definition) is 5. The predicted octanol–water partition coefficient (Wildman–Crippen LogP) is 6.05. The molecule has 0 aliphatic heterocycles. The summed E-state index contributed by atoms with van der Waals surface area (Å²) in [7, 11) is -4.20. The number of anilines is 1. The van der Waals surface area contributed by atoms with Crippen molar-refractivity contribution in [3.63, 3.8) is 0 Å². The van der Waals surface area contributed by atoms with Gasteiger partial charge in [0.1, 0.15) is 24.2 Å². The topological polar surface area (TPSA) is 96.0 Å². The minimum Gasteiger partial charge on any atom is -0.494 e. The second-order valence-corrected chi connectivity index (χ2v) is 13.2. The van der Waals surface area contributed by atoms with Crippen molar-refractivity contribution in [3.8, 4) is 5.75 Å². The number of halogens is 2. The van der Waals surface area contributed by atoms with Gasteiger partial charge in [-0.1, -0.05) is 47.8 Å². The Bertz CT molecular complexity index is 1480. The lowest BCUT2D eigenvalue weighted by molar-refractivity contribution is -0.140. The van der Waals surface area contributed by atoms with Crippen molar-refractivity contribution in [2.75, 3.05) is 17.5 Å². The average molecular weight is 675 g/mol. The molecule has 0 heterocycles. The summed E-state index contributed by atoms with van der Waals surface area (Å²) in [6.07, 6.45) is 4.14. The summed E-state index contributed by atoms with van der Waals surface area (Å²) in [6, 6.07) is 17.5. The van der Waals surface area contributed by atoms with Gasteiger partial charge < -0.3 is 15.0 Å². The molecule has 1 fully saturated rings. The molecule has 1 saturated carbocycles. The smallest absolute Gasteiger partial charge is 0.264 e. The molecule has 0 spiro atoms. The van der Waals surface area contributed by atoms with Crippen LogP contribution in [0.5, 0.6) is 5.75 Å². The zero-order valence-electron chi connectivity index (χ0n) is 24.3. The van der Waals surface area contributed by atoms with Crippen molar-refractivity contribution >= 4 is 43.5 Å². The van der Waals surface area contributed by atoms with Crippen LogP contribution in [0, 0.1) is 5.82 Å². The number of amides is 2. The fraction of sp³-hybridized carbons (Fsp3) is 0.375. The molecule has 1 aliphatic rings. The second kappa shape index (κ2) is 14.8. The lowest BCUT2D eigenvalue weighted by Crippen LogP contribution is -2.53. The number of nitrogens with one attached hydrogen (secondary N) is 1. The molecule has 0 saturated heterocycles. The molecule has 1 N–H and O–H groups in total. The van der Waals surface area contributed by atoms with Gasteiger partial charge in [0.05, 0.1) is 17.2 Å². The Morgan fingerprint density at radius 3 is 2.19 bits per heavy atom. The highest BCUT2D eigenvalue weighted by Gasteiger charge is 2.34. The third kappa shape index (κ3) is 8.35. The van der Waals surface area contributed by atoms with E-state index in [4.69, 9.17) is 4.74 Å². The lowest BCUT2D eigenvalue weighted by Gasteiger charge is -2.33. The monoisotopic (exact) mass is 673 g/mol. The average Bonchev–Trinajstić information content (AvgIpc) is 3.50. The van der Waals surface area contributed by atoms with E-state index in [1.807, 2.05) is 13.8 Å². The molecule has 0 bridgehead atoms. The zero-order chi connectivity index (χ0) is 31.0. The summed E-state index contributed by atoms with van der Waals surface area (Å²) < 4.78 is 49.0. The number of rotatable bonds is 13. The van der Waals surface area contributed by atoms with Gasteiger partial charge in [-0.15, -0.1) is 0 Å². The standard InChI is InChI=1S/C32H37BrFN3O5S/c1-3-30(32(39)35-26-7-5-6-8-26)36(21-23-9-13-25(34)14-10-23)31(38)22-37(27-15-17-28(18-16-27)42-4-2)43(40,41)29-19-11-24(33)12-20-29/h9-20,26,30H,3-8,21-22H2,1-2H3,(H,35,39). The van der Waals surface area contributed by atoms with Gasteiger partial charge >= 0.3 is 0 Å². The van der Waals surface area contributed by atoms with Gasteiger partial charge in [0.15, 0.2) is 0 Å². The van der Waals surface area contributed by atoms with E-state index in [1.54, 1.807) is 48.5 Å². The molecule has 43 heavy (non-hydrogen) atoms. The van der Waals surface area contributed by atoms with E-state index in [0.29, 0.717) is 28.8 Å². The first-order valence-corrected chi connectivity index (χ1v) is 16.7. The second-order valence-electron chi connectivity index (χ2n) is 10.5. The molecule has 3 aromatic carbocycles. The summed E-state index contributed by atoms with van der Waals surface area (Å²) in [5.41, 5.74) is 0.884. The number of sulfonamides is 1. The SMILES string of the molecule is CCOc1ccc(N(CC(=O)N(Cc2ccc(F)cc2)C(CC)C(=O)NC2CCCC2)S(=O)(=O)c2ccc(Br)cc2)cc1. The molecule has 3 aromatic rings. The Kier molecular flexibility index (Phi) is 11.2. The van der Waals surface area contributed by atoms with Gasteiger partial charge in [0, 0.05) is 17.1 Å². The van der Waals surface area contributed by atoms with Crippen LogP contribution in [0.25, 0.3) is 0 Å². The highest BCUT2D eigenvalue weighted by Crippen LogP contribution is 2.28. The van der Waals surface area contributed by atoms with Crippen LogP contribution in [0.4, 0.5) is 10.1 Å². The molecule has 1 atom stereocenters. The summed E-state index contributed by atoms with van der Waals surface area (Å²) in [5.74, 6) is -0.707.